The van der Waals surface area contributed by atoms with Gasteiger partial charge in [0, 0.05) is 0 Å². The number of benzene rings is 2. The second-order valence-electron chi connectivity index (χ2n) is 8.32. The van der Waals surface area contributed by atoms with Crippen LogP contribution >= 0.6 is 0 Å². The van der Waals surface area contributed by atoms with Crippen molar-refractivity contribution in [2.75, 3.05) is 0 Å². The van der Waals surface area contributed by atoms with Crippen molar-refractivity contribution in [3.05, 3.63) is 71.8 Å². The van der Waals surface area contributed by atoms with Gasteiger partial charge in [0.15, 0.2) is 0 Å². The summed E-state index contributed by atoms with van der Waals surface area (Å²) in [5, 5.41) is 0. The van der Waals surface area contributed by atoms with Crippen molar-refractivity contribution in [2.45, 2.75) is 53.8 Å². The highest BCUT2D eigenvalue weighted by Crippen LogP contribution is 2.54. The Morgan fingerprint density at radius 3 is 1.52 bits per heavy atom. The fourth-order valence-corrected chi connectivity index (χ4v) is 3.95. The van der Waals surface area contributed by atoms with Gasteiger partial charge in [0.05, 0.1) is 6.61 Å². The lowest BCUT2D eigenvalue weighted by Crippen LogP contribution is -2.52. The van der Waals surface area contributed by atoms with Gasteiger partial charge in [-0.05, 0) is 22.0 Å². The molecule has 124 valence electrons. The van der Waals surface area contributed by atoms with Gasteiger partial charge in [-0.15, -0.1) is 0 Å². The molecule has 2 aromatic carbocycles. The molecule has 0 amide bonds. The Morgan fingerprint density at radius 2 is 1.09 bits per heavy atom. The molecule has 0 N–H and O–H groups in total. The van der Waals surface area contributed by atoms with Gasteiger partial charge in [0.1, 0.15) is 5.60 Å². The highest BCUT2D eigenvalue weighted by Gasteiger charge is 2.53. The Balaban J connectivity index is 2.50. The van der Waals surface area contributed by atoms with Crippen LogP contribution in [0, 0.1) is 10.8 Å². The summed E-state index contributed by atoms with van der Waals surface area (Å²) in [5.41, 5.74) is 2.00. The predicted molar refractivity (Wildman–Crippen MR) is 98.3 cm³/mol. The molecule has 0 aromatic heterocycles. The topological polar surface area (TPSA) is 9.23 Å². The van der Waals surface area contributed by atoms with Crippen LogP contribution in [-0.4, -0.2) is 0 Å². The van der Waals surface area contributed by atoms with Crippen LogP contribution in [0.5, 0.6) is 0 Å². The molecule has 1 nitrogen and oxygen atoms in total. The molecule has 23 heavy (non-hydrogen) atoms. The van der Waals surface area contributed by atoms with Crippen molar-refractivity contribution in [1.29, 1.82) is 0 Å². The smallest absolute Gasteiger partial charge is 0.103 e. The first-order valence-corrected chi connectivity index (χ1v) is 8.42. The summed E-state index contributed by atoms with van der Waals surface area (Å²) < 4.78 is 6.73. The maximum absolute atomic E-state index is 6.73. The van der Waals surface area contributed by atoms with E-state index >= 15 is 0 Å². The molecule has 0 aliphatic rings. The van der Waals surface area contributed by atoms with Crippen LogP contribution in [0.1, 0.15) is 52.7 Å². The van der Waals surface area contributed by atoms with Gasteiger partial charge in [-0.25, -0.2) is 0 Å². The van der Waals surface area contributed by atoms with E-state index in [1.54, 1.807) is 0 Å². The summed E-state index contributed by atoms with van der Waals surface area (Å²) in [6.45, 7) is 14.3. The molecule has 2 rings (SSSR count). The quantitative estimate of drug-likeness (QED) is 0.654. The maximum atomic E-state index is 6.73. The van der Waals surface area contributed by atoms with E-state index in [9.17, 15) is 0 Å². The lowest BCUT2D eigenvalue weighted by Gasteiger charge is -2.53. The summed E-state index contributed by atoms with van der Waals surface area (Å²) in [4.78, 5) is 0. The summed E-state index contributed by atoms with van der Waals surface area (Å²) in [6.07, 6.45) is 0. The zero-order chi connectivity index (χ0) is 17.1. The summed E-state index contributed by atoms with van der Waals surface area (Å²) in [5.74, 6) is 0. The molecular weight excluding hydrogens is 280 g/mol. The van der Waals surface area contributed by atoms with Gasteiger partial charge in [-0.3, -0.25) is 0 Å². The summed E-state index contributed by atoms with van der Waals surface area (Å²) in [6, 6.07) is 21.1. The monoisotopic (exact) mass is 310 g/mol. The van der Waals surface area contributed by atoms with Gasteiger partial charge in [0.25, 0.3) is 0 Å². The second kappa shape index (κ2) is 6.49. The van der Waals surface area contributed by atoms with Crippen LogP contribution in [-0.2, 0) is 16.9 Å². The average Bonchev–Trinajstić information content (AvgIpc) is 2.47. The Kier molecular flexibility index (Phi) is 5.01. The van der Waals surface area contributed by atoms with Crippen LogP contribution in [0.15, 0.2) is 60.7 Å². The van der Waals surface area contributed by atoms with Crippen LogP contribution in [0.25, 0.3) is 0 Å². The van der Waals surface area contributed by atoms with E-state index < -0.39 is 0 Å². The fraction of sp³-hybridized carbons (Fsp3) is 0.455. The van der Waals surface area contributed by atoms with Crippen LogP contribution in [0.4, 0.5) is 0 Å². The molecule has 0 atom stereocenters. The van der Waals surface area contributed by atoms with E-state index in [4.69, 9.17) is 4.74 Å². The third kappa shape index (κ3) is 3.50. The first-order valence-electron chi connectivity index (χ1n) is 8.42. The molecule has 0 saturated carbocycles. The lowest BCUT2D eigenvalue weighted by molar-refractivity contribution is -0.197. The van der Waals surface area contributed by atoms with E-state index in [-0.39, 0.29) is 16.4 Å². The largest absolute Gasteiger partial charge is 0.365 e. The fourth-order valence-electron chi connectivity index (χ4n) is 3.95. The molecule has 0 fully saturated rings. The minimum atomic E-state index is -0.378. The van der Waals surface area contributed by atoms with Crippen molar-refractivity contribution in [1.82, 2.24) is 0 Å². The molecule has 0 unspecified atom stereocenters. The standard InChI is InChI=1S/C22H30O/c1-20(2,3)22(21(4,5)6,19-15-11-8-12-16-19)23-17-18-13-9-7-10-14-18/h7-16H,17H2,1-6H3. The third-order valence-corrected chi connectivity index (χ3v) is 4.59. The van der Waals surface area contributed by atoms with E-state index in [1.807, 2.05) is 6.07 Å². The lowest BCUT2D eigenvalue weighted by atomic mass is 9.59. The maximum Gasteiger partial charge on any atom is 0.103 e. The number of rotatable bonds is 4. The van der Waals surface area contributed by atoms with Crippen molar-refractivity contribution < 1.29 is 4.74 Å². The zero-order valence-electron chi connectivity index (χ0n) is 15.4. The molecule has 1 heteroatoms. The molecule has 0 heterocycles. The average molecular weight is 310 g/mol. The molecule has 0 aliphatic carbocycles. The zero-order valence-corrected chi connectivity index (χ0v) is 15.4. The van der Waals surface area contributed by atoms with Crippen molar-refractivity contribution in [3.8, 4) is 0 Å². The van der Waals surface area contributed by atoms with Gasteiger partial charge in [0.2, 0.25) is 0 Å². The molecular formula is C22H30O. The molecule has 0 bridgehead atoms. The first-order chi connectivity index (χ1) is 10.7. The van der Waals surface area contributed by atoms with Crippen LogP contribution in [0.3, 0.4) is 0 Å². The normalized spacial score (nSPS) is 13.1. The number of hydrogen-bond donors (Lipinski definition) is 0. The Morgan fingerprint density at radius 1 is 0.652 bits per heavy atom. The number of ether oxygens (including phenoxy) is 1. The van der Waals surface area contributed by atoms with Crippen LogP contribution < -0.4 is 0 Å². The minimum Gasteiger partial charge on any atom is -0.365 e. The highest BCUT2D eigenvalue weighted by atomic mass is 16.5. The Bertz CT molecular complexity index is 586. The first kappa shape index (κ1) is 17.7. The van der Waals surface area contributed by atoms with Gasteiger partial charge >= 0.3 is 0 Å². The van der Waals surface area contributed by atoms with Crippen LogP contribution in [0.2, 0.25) is 0 Å². The molecule has 2 aromatic rings. The van der Waals surface area contributed by atoms with Crippen molar-refractivity contribution >= 4 is 0 Å². The summed E-state index contributed by atoms with van der Waals surface area (Å²) in [7, 11) is 0. The SMILES string of the molecule is CC(C)(C)C(OCc1ccccc1)(c1ccccc1)C(C)(C)C. The third-order valence-electron chi connectivity index (χ3n) is 4.59. The predicted octanol–water partition coefficient (Wildman–Crippen LogP) is 6.19. The minimum absolute atomic E-state index is 0.0403. The van der Waals surface area contributed by atoms with Gasteiger partial charge in [-0.2, -0.15) is 0 Å². The van der Waals surface area contributed by atoms with E-state index in [0.29, 0.717) is 6.61 Å². The molecule has 0 spiro atoms. The second-order valence-corrected chi connectivity index (χ2v) is 8.32. The Labute approximate surface area is 141 Å². The van der Waals surface area contributed by atoms with E-state index in [0.717, 1.165) is 0 Å². The molecule has 0 aliphatic heterocycles. The van der Waals surface area contributed by atoms with E-state index in [1.165, 1.54) is 11.1 Å². The van der Waals surface area contributed by atoms with Crippen molar-refractivity contribution in [3.63, 3.8) is 0 Å². The van der Waals surface area contributed by atoms with Gasteiger partial charge in [-0.1, -0.05) is 102 Å². The Hall–Kier alpha value is -1.60. The van der Waals surface area contributed by atoms with Crippen molar-refractivity contribution in [2.24, 2.45) is 10.8 Å². The molecule has 0 radical (unpaired) electrons. The van der Waals surface area contributed by atoms with E-state index in [2.05, 4.69) is 96.1 Å². The summed E-state index contributed by atoms with van der Waals surface area (Å²) >= 11 is 0. The van der Waals surface area contributed by atoms with Gasteiger partial charge < -0.3 is 4.74 Å². The highest BCUT2D eigenvalue weighted by molar-refractivity contribution is 5.28. The number of hydrogen-bond acceptors (Lipinski definition) is 1. The molecule has 0 saturated heterocycles.